The fourth-order valence-corrected chi connectivity index (χ4v) is 3.08. The van der Waals surface area contributed by atoms with Gasteiger partial charge in [-0.3, -0.25) is 4.79 Å². The molecule has 1 aliphatic rings. The second-order valence-electron chi connectivity index (χ2n) is 6.73. The number of hydrogen-bond donors (Lipinski definition) is 1. The van der Waals surface area contributed by atoms with Crippen LogP contribution in [-0.2, 0) is 11.2 Å². The third-order valence-corrected chi connectivity index (χ3v) is 4.72. The number of aryl methyl sites for hydroxylation is 1. The second kappa shape index (κ2) is 7.31. The maximum atomic E-state index is 12.4. The molecule has 6 nitrogen and oxygen atoms in total. The number of rotatable bonds is 7. The van der Waals surface area contributed by atoms with Gasteiger partial charge in [-0.05, 0) is 61.2 Å². The number of benzene rings is 2. The molecule has 1 amide bonds. The summed E-state index contributed by atoms with van der Waals surface area (Å²) in [5.41, 5.74) is 3.20. The minimum absolute atomic E-state index is 0.0647. The van der Waals surface area contributed by atoms with Crippen LogP contribution >= 0.6 is 0 Å². The van der Waals surface area contributed by atoms with E-state index in [0.717, 1.165) is 52.6 Å². The molecule has 0 saturated heterocycles. The highest BCUT2D eigenvalue weighted by Gasteiger charge is 2.28. The summed E-state index contributed by atoms with van der Waals surface area (Å²) in [6.07, 6.45) is 3.19. The van der Waals surface area contributed by atoms with Crippen molar-refractivity contribution in [3.05, 3.63) is 47.9 Å². The first kappa shape index (κ1) is 17.4. The molecule has 0 atom stereocenters. The normalized spacial score (nSPS) is 13.6. The van der Waals surface area contributed by atoms with E-state index in [0.29, 0.717) is 18.8 Å². The number of oxazole rings is 1. The van der Waals surface area contributed by atoms with Crippen LogP contribution in [0.2, 0.25) is 0 Å². The highest BCUT2D eigenvalue weighted by atomic mass is 16.5. The Morgan fingerprint density at radius 2 is 2.04 bits per heavy atom. The molecule has 1 aliphatic carbocycles. The monoisotopic (exact) mass is 366 g/mol. The third-order valence-electron chi connectivity index (χ3n) is 4.72. The summed E-state index contributed by atoms with van der Waals surface area (Å²) in [5, 5.41) is 2.93. The van der Waals surface area contributed by atoms with Gasteiger partial charge in [0.25, 0.3) is 0 Å². The fraction of sp³-hybridized carbons (Fsp3) is 0.333. The largest absolute Gasteiger partial charge is 0.497 e. The highest BCUT2D eigenvalue weighted by molar-refractivity contribution is 5.92. The number of nitrogens with one attached hydrogen (secondary N) is 1. The molecule has 0 unspecified atom stereocenters. The van der Waals surface area contributed by atoms with Crippen molar-refractivity contribution in [2.24, 2.45) is 0 Å². The zero-order chi connectivity index (χ0) is 18.8. The third kappa shape index (κ3) is 3.89. The van der Waals surface area contributed by atoms with Crippen LogP contribution in [0.1, 0.15) is 36.6 Å². The molecule has 1 heterocycles. The first-order valence-corrected chi connectivity index (χ1v) is 9.07. The lowest BCUT2D eigenvalue weighted by molar-refractivity contribution is -0.116. The SMILES string of the molecule is COc1ccc(OC)c(CCC(=O)Nc2ccc3oc(C4CC4)nc3c2)c1. The van der Waals surface area contributed by atoms with Crippen molar-refractivity contribution in [3.63, 3.8) is 0 Å². The second-order valence-corrected chi connectivity index (χ2v) is 6.73. The smallest absolute Gasteiger partial charge is 0.224 e. The number of anilines is 1. The fourth-order valence-electron chi connectivity index (χ4n) is 3.08. The molecule has 1 saturated carbocycles. The first-order chi connectivity index (χ1) is 13.2. The summed E-state index contributed by atoms with van der Waals surface area (Å²) in [5.74, 6) is 2.70. The van der Waals surface area contributed by atoms with E-state index in [-0.39, 0.29) is 5.91 Å². The quantitative estimate of drug-likeness (QED) is 0.675. The van der Waals surface area contributed by atoms with Gasteiger partial charge in [0.15, 0.2) is 11.5 Å². The molecule has 140 valence electrons. The highest BCUT2D eigenvalue weighted by Crippen LogP contribution is 2.40. The average Bonchev–Trinajstić information content (AvgIpc) is 3.45. The zero-order valence-corrected chi connectivity index (χ0v) is 15.5. The molecular formula is C21H22N2O4. The maximum absolute atomic E-state index is 12.4. The Kier molecular flexibility index (Phi) is 4.71. The Bertz CT molecular complexity index is 975. The number of hydrogen-bond acceptors (Lipinski definition) is 5. The predicted octanol–water partition coefficient (Wildman–Crippen LogP) is 4.29. The molecule has 4 rings (SSSR count). The van der Waals surface area contributed by atoms with Gasteiger partial charge in [-0.25, -0.2) is 4.98 Å². The van der Waals surface area contributed by atoms with E-state index in [1.165, 1.54) is 0 Å². The summed E-state index contributed by atoms with van der Waals surface area (Å²) in [4.78, 5) is 16.9. The van der Waals surface area contributed by atoms with E-state index in [2.05, 4.69) is 10.3 Å². The lowest BCUT2D eigenvalue weighted by atomic mass is 10.1. The Balaban J connectivity index is 1.41. The minimum Gasteiger partial charge on any atom is -0.497 e. The number of carbonyl (C=O) groups is 1. The summed E-state index contributed by atoms with van der Waals surface area (Å²) in [6, 6.07) is 11.1. The Labute approximate surface area is 157 Å². The van der Waals surface area contributed by atoms with Gasteiger partial charge in [0.05, 0.1) is 14.2 Å². The standard InChI is InChI=1S/C21H22N2O4/c1-25-16-7-9-18(26-2)14(11-16)5-10-20(24)22-15-6-8-19-17(12-15)23-21(27-19)13-3-4-13/h6-9,11-13H,3-5,10H2,1-2H3,(H,22,24). The summed E-state index contributed by atoms with van der Waals surface area (Å²) >= 11 is 0. The lowest BCUT2D eigenvalue weighted by Gasteiger charge is -2.10. The lowest BCUT2D eigenvalue weighted by Crippen LogP contribution is -2.12. The van der Waals surface area contributed by atoms with Gasteiger partial charge in [0, 0.05) is 18.0 Å². The van der Waals surface area contributed by atoms with Crippen molar-refractivity contribution in [1.82, 2.24) is 4.98 Å². The topological polar surface area (TPSA) is 73.6 Å². The minimum atomic E-state index is -0.0647. The number of nitrogens with zero attached hydrogens (tertiary/aromatic N) is 1. The molecular weight excluding hydrogens is 344 g/mol. The van der Waals surface area contributed by atoms with Crippen molar-refractivity contribution < 1.29 is 18.7 Å². The number of amides is 1. The van der Waals surface area contributed by atoms with E-state index in [1.54, 1.807) is 14.2 Å². The van der Waals surface area contributed by atoms with Gasteiger partial charge >= 0.3 is 0 Å². The Hall–Kier alpha value is -3.02. The Morgan fingerprint density at radius 3 is 2.78 bits per heavy atom. The molecule has 27 heavy (non-hydrogen) atoms. The van der Waals surface area contributed by atoms with Gasteiger partial charge < -0.3 is 19.2 Å². The summed E-state index contributed by atoms with van der Waals surface area (Å²) < 4.78 is 16.4. The van der Waals surface area contributed by atoms with E-state index >= 15 is 0 Å². The molecule has 0 spiro atoms. The molecule has 2 aromatic carbocycles. The number of methoxy groups -OCH3 is 2. The van der Waals surface area contributed by atoms with Crippen LogP contribution in [-0.4, -0.2) is 25.1 Å². The average molecular weight is 366 g/mol. The van der Waals surface area contributed by atoms with Crippen LogP contribution in [0.25, 0.3) is 11.1 Å². The first-order valence-electron chi connectivity index (χ1n) is 9.07. The number of carbonyl (C=O) groups excluding carboxylic acids is 1. The molecule has 0 radical (unpaired) electrons. The van der Waals surface area contributed by atoms with Crippen LogP contribution in [0.15, 0.2) is 40.8 Å². The van der Waals surface area contributed by atoms with E-state index in [1.807, 2.05) is 36.4 Å². The van der Waals surface area contributed by atoms with Gasteiger partial charge in [-0.2, -0.15) is 0 Å². The van der Waals surface area contributed by atoms with Crippen LogP contribution in [0.5, 0.6) is 11.5 Å². The van der Waals surface area contributed by atoms with Crippen molar-refractivity contribution in [3.8, 4) is 11.5 Å². The van der Waals surface area contributed by atoms with Gasteiger partial charge in [0.1, 0.15) is 17.0 Å². The van der Waals surface area contributed by atoms with Crippen LogP contribution in [0.3, 0.4) is 0 Å². The van der Waals surface area contributed by atoms with Gasteiger partial charge in [-0.1, -0.05) is 0 Å². The molecule has 1 N–H and O–H groups in total. The predicted molar refractivity (Wildman–Crippen MR) is 102 cm³/mol. The maximum Gasteiger partial charge on any atom is 0.224 e. The van der Waals surface area contributed by atoms with Gasteiger partial charge in [-0.15, -0.1) is 0 Å². The number of aromatic nitrogens is 1. The van der Waals surface area contributed by atoms with E-state index in [4.69, 9.17) is 13.9 Å². The van der Waals surface area contributed by atoms with E-state index < -0.39 is 0 Å². The number of ether oxygens (including phenoxy) is 2. The van der Waals surface area contributed by atoms with Crippen LogP contribution < -0.4 is 14.8 Å². The molecule has 3 aromatic rings. The van der Waals surface area contributed by atoms with Crippen molar-refractivity contribution >= 4 is 22.7 Å². The van der Waals surface area contributed by atoms with Crippen LogP contribution in [0.4, 0.5) is 5.69 Å². The molecule has 6 heteroatoms. The van der Waals surface area contributed by atoms with Crippen molar-refractivity contribution in [1.29, 1.82) is 0 Å². The Morgan fingerprint density at radius 1 is 1.19 bits per heavy atom. The molecule has 0 bridgehead atoms. The molecule has 1 fully saturated rings. The van der Waals surface area contributed by atoms with Crippen molar-refractivity contribution in [2.45, 2.75) is 31.6 Å². The van der Waals surface area contributed by atoms with Crippen molar-refractivity contribution in [2.75, 3.05) is 19.5 Å². The molecule has 1 aromatic heterocycles. The van der Waals surface area contributed by atoms with Crippen LogP contribution in [0, 0.1) is 0 Å². The molecule has 0 aliphatic heterocycles. The number of fused-ring (bicyclic) bond motifs is 1. The van der Waals surface area contributed by atoms with E-state index in [9.17, 15) is 4.79 Å². The zero-order valence-electron chi connectivity index (χ0n) is 15.5. The summed E-state index contributed by atoms with van der Waals surface area (Å²) in [7, 11) is 3.24. The summed E-state index contributed by atoms with van der Waals surface area (Å²) in [6.45, 7) is 0. The van der Waals surface area contributed by atoms with Gasteiger partial charge in [0.2, 0.25) is 5.91 Å².